The van der Waals surface area contributed by atoms with E-state index in [1.54, 1.807) is 0 Å². The summed E-state index contributed by atoms with van der Waals surface area (Å²) < 4.78 is 0. The van der Waals surface area contributed by atoms with Crippen molar-refractivity contribution in [2.24, 2.45) is 0 Å². The molecule has 0 aliphatic heterocycles. The Kier molecular flexibility index (Phi) is 15.7. The van der Waals surface area contributed by atoms with Gasteiger partial charge >= 0.3 is 17.9 Å². The van der Waals surface area contributed by atoms with E-state index in [1.165, 1.54) is 42.4 Å². The van der Waals surface area contributed by atoms with Crippen molar-refractivity contribution < 1.29 is 34.8 Å². The average Bonchev–Trinajstić information content (AvgIpc) is 3.32. The Morgan fingerprint density at radius 2 is 0.444 bits per heavy atom. The Hall–Kier alpha value is -7.01. The third-order valence-corrected chi connectivity index (χ3v) is 19.0. The van der Waals surface area contributed by atoms with Crippen molar-refractivity contribution in [1.29, 1.82) is 0 Å². The van der Waals surface area contributed by atoms with Gasteiger partial charge in [0.1, 0.15) is 57.0 Å². The summed E-state index contributed by atoms with van der Waals surface area (Å²) in [5.74, 6) is -5.02. The minimum Gasteiger partial charge on any atom is -0.481 e. The number of aliphatic carboxylic acids is 3. The molecule has 0 aliphatic carbocycles. The number of hydrogen-bond donors (Lipinski definition) is 4. The molecule has 314 valence electrons. The topological polar surface area (TPSA) is 132 Å². The predicted octanol–water partition coefficient (Wildman–Crippen LogP) is 7.36. The Morgan fingerprint density at radius 3 is 0.556 bits per heavy atom. The van der Waals surface area contributed by atoms with E-state index >= 15 is 0 Å². The standard InChI is InChI=1S/2C24H20P.C6H8O7/c2*1-5-13-21(14-6-1)25(22-15-7-2-8-16-22,23-17-9-3-10-18-23)24-19-11-4-12-20-24;7-3(8)1-6(13,5(11)12)2-4(9)10/h2*1-20H;13H,1-2H2,(H,7,8)(H,9,10)(H,11,12)/q2*+1;. The van der Waals surface area contributed by atoms with E-state index in [4.69, 9.17) is 20.4 Å². The molecule has 0 aliphatic rings. The van der Waals surface area contributed by atoms with Gasteiger partial charge in [0, 0.05) is 0 Å². The van der Waals surface area contributed by atoms with E-state index in [9.17, 15) is 14.4 Å². The maximum atomic E-state index is 10.3. The molecule has 4 N–H and O–H groups in total. The van der Waals surface area contributed by atoms with Crippen molar-refractivity contribution in [2.75, 3.05) is 0 Å². The highest BCUT2D eigenvalue weighted by atomic mass is 31.2. The molecule has 0 atom stereocenters. The van der Waals surface area contributed by atoms with E-state index in [0.29, 0.717) is 0 Å². The first-order valence-corrected chi connectivity index (χ1v) is 23.8. The molecule has 0 saturated heterocycles. The summed E-state index contributed by atoms with van der Waals surface area (Å²) in [5.41, 5.74) is -2.74. The van der Waals surface area contributed by atoms with Gasteiger partial charge in [-0.1, -0.05) is 146 Å². The van der Waals surface area contributed by atoms with Crippen LogP contribution in [0.3, 0.4) is 0 Å². The zero-order chi connectivity index (χ0) is 44.5. The predicted molar refractivity (Wildman–Crippen MR) is 260 cm³/mol. The second-order valence-electron chi connectivity index (χ2n) is 14.5. The van der Waals surface area contributed by atoms with Crippen LogP contribution in [0.4, 0.5) is 0 Å². The third kappa shape index (κ3) is 10.5. The normalized spacial score (nSPS) is 11.1. The molecule has 8 aromatic carbocycles. The van der Waals surface area contributed by atoms with Crippen LogP contribution >= 0.6 is 14.5 Å². The van der Waals surface area contributed by atoms with Crippen molar-refractivity contribution in [2.45, 2.75) is 18.4 Å². The van der Waals surface area contributed by atoms with Gasteiger partial charge in [-0.15, -0.1) is 0 Å². The summed E-state index contributed by atoms with van der Waals surface area (Å²) >= 11 is 0. The lowest BCUT2D eigenvalue weighted by Gasteiger charge is -2.27. The molecule has 0 amide bonds. The van der Waals surface area contributed by atoms with Crippen LogP contribution in [0.25, 0.3) is 0 Å². The lowest BCUT2D eigenvalue weighted by molar-refractivity contribution is -0.170. The Labute approximate surface area is 369 Å². The number of rotatable bonds is 13. The lowest BCUT2D eigenvalue weighted by Crippen LogP contribution is -2.42. The van der Waals surface area contributed by atoms with E-state index in [2.05, 4.69) is 243 Å². The molecule has 0 saturated carbocycles. The summed E-state index contributed by atoms with van der Waals surface area (Å²) in [6.07, 6.45) is -2.29. The summed E-state index contributed by atoms with van der Waals surface area (Å²) in [7, 11) is -3.81. The number of hydrogen-bond acceptors (Lipinski definition) is 4. The Morgan fingerprint density at radius 1 is 0.302 bits per heavy atom. The highest BCUT2D eigenvalue weighted by Crippen LogP contribution is 2.55. The molecule has 8 aromatic rings. The van der Waals surface area contributed by atoms with Crippen LogP contribution in [-0.2, 0) is 14.4 Å². The highest BCUT2D eigenvalue weighted by molar-refractivity contribution is 8.02. The summed E-state index contributed by atoms with van der Waals surface area (Å²) in [6.45, 7) is 0. The van der Waals surface area contributed by atoms with Gasteiger partial charge < -0.3 is 20.4 Å². The average molecular weight is 871 g/mol. The molecule has 0 fully saturated rings. The van der Waals surface area contributed by atoms with Crippen LogP contribution < -0.4 is 42.4 Å². The molecule has 9 heteroatoms. The fourth-order valence-corrected chi connectivity index (χ4v) is 16.2. The van der Waals surface area contributed by atoms with Gasteiger partial charge in [-0.25, -0.2) is 4.79 Å². The van der Waals surface area contributed by atoms with Crippen molar-refractivity contribution >= 4 is 74.9 Å². The number of carboxylic acid groups (broad SMARTS) is 3. The molecule has 0 bridgehead atoms. The zero-order valence-electron chi connectivity index (χ0n) is 34.4. The highest BCUT2D eigenvalue weighted by Gasteiger charge is 2.49. The first-order chi connectivity index (χ1) is 30.6. The van der Waals surface area contributed by atoms with E-state index in [1.807, 2.05) is 0 Å². The lowest BCUT2D eigenvalue weighted by atomic mass is 9.96. The molecular formula is C54H48O7P2+2. The van der Waals surface area contributed by atoms with Crippen LogP contribution in [-0.4, -0.2) is 43.9 Å². The van der Waals surface area contributed by atoms with Crippen molar-refractivity contribution in [3.8, 4) is 0 Å². The monoisotopic (exact) mass is 870 g/mol. The Bertz CT molecular complexity index is 2130. The number of aliphatic hydroxyl groups is 1. The van der Waals surface area contributed by atoms with E-state index in [-0.39, 0.29) is 0 Å². The van der Waals surface area contributed by atoms with Crippen molar-refractivity contribution in [1.82, 2.24) is 0 Å². The third-order valence-electron chi connectivity index (χ3n) is 10.4. The van der Waals surface area contributed by atoms with Crippen LogP contribution in [0.1, 0.15) is 12.8 Å². The molecular weight excluding hydrogens is 823 g/mol. The molecule has 0 heterocycles. The van der Waals surface area contributed by atoms with Gasteiger partial charge in [0.25, 0.3) is 0 Å². The SMILES string of the molecule is O=C(O)CC(O)(CC(=O)O)C(=O)O.c1ccc([P+](c2ccccc2)(c2ccccc2)c2ccccc2)cc1.c1ccc([P+](c2ccccc2)(c2ccccc2)c2ccccc2)cc1. The van der Waals surface area contributed by atoms with Gasteiger partial charge in [-0.05, 0) is 97.1 Å². The minimum atomic E-state index is -2.74. The van der Waals surface area contributed by atoms with Gasteiger partial charge in [-0.3, -0.25) is 9.59 Å². The van der Waals surface area contributed by atoms with Gasteiger partial charge in [-0.2, -0.15) is 0 Å². The van der Waals surface area contributed by atoms with E-state index < -0.39 is 50.9 Å². The second kappa shape index (κ2) is 21.7. The first kappa shape index (κ1) is 45.5. The van der Waals surface area contributed by atoms with Crippen molar-refractivity contribution in [3.05, 3.63) is 243 Å². The molecule has 0 aromatic heterocycles. The maximum Gasteiger partial charge on any atom is 0.336 e. The smallest absolute Gasteiger partial charge is 0.336 e. The Balaban J connectivity index is 0.000000166. The minimum absolute atomic E-state index is 1.14. The summed E-state index contributed by atoms with van der Waals surface area (Å²) in [5, 5.41) is 44.9. The second-order valence-corrected chi connectivity index (χ2v) is 21.3. The van der Waals surface area contributed by atoms with Crippen molar-refractivity contribution in [3.63, 3.8) is 0 Å². The fourth-order valence-electron chi connectivity index (χ4n) is 7.72. The number of carbonyl (C=O) groups is 3. The maximum absolute atomic E-state index is 10.3. The quantitative estimate of drug-likeness (QED) is 0.0891. The van der Waals surface area contributed by atoms with Gasteiger partial charge in [0.2, 0.25) is 0 Å². The molecule has 63 heavy (non-hydrogen) atoms. The van der Waals surface area contributed by atoms with E-state index in [0.717, 1.165) is 0 Å². The molecule has 7 nitrogen and oxygen atoms in total. The zero-order valence-corrected chi connectivity index (χ0v) is 36.2. The number of benzene rings is 8. The van der Waals surface area contributed by atoms with Crippen LogP contribution in [0.5, 0.6) is 0 Å². The van der Waals surface area contributed by atoms with Gasteiger partial charge in [0.15, 0.2) is 5.60 Å². The largest absolute Gasteiger partial charge is 0.481 e. The van der Waals surface area contributed by atoms with Crippen LogP contribution in [0, 0.1) is 0 Å². The molecule has 0 unspecified atom stereocenters. The fraction of sp³-hybridized carbons (Fsp3) is 0.0556. The number of carboxylic acids is 3. The summed E-state index contributed by atoms with van der Waals surface area (Å²) in [6, 6.07) is 87.7. The first-order valence-electron chi connectivity index (χ1n) is 20.2. The molecule has 8 rings (SSSR count). The van der Waals surface area contributed by atoms with Crippen LogP contribution in [0.15, 0.2) is 243 Å². The summed E-state index contributed by atoms with van der Waals surface area (Å²) in [4.78, 5) is 30.5. The molecule has 0 spiro atoms. The van der Waals surface area contributed by atoms with Gasteiger partial charge in [0.05, 0.1) is 12.8 Å². The molecule has 0 radical (unpaired) electrons. The van der Waals surface area contributed by atoms with Crippen LogP contribution in [0.2, 0.25) is 0 Å².